The van der Waals surface area contributed by atoms with Gasteiger partial charge in [-0.25, -0.2) is 0 Å². The van der Waals surface area contributed by atoms with Crippen molar-refractivity contribution < 1.29 is 9.47 Å². The molecule has 0 spiro atoms. The van der Waals surface area contributed by atoms with E-state index in [1.165, 1.54) is 0 Å². The largest absolute Gasteiger partial charge is 0.454 e. The summed E-state index contributed by atoms with van der Waals surface area (Å²) in [5, 5.41) is 9.33. The molecule has 0 fully saturated rings. The molecular formula is C10H8ClNO2. The van der Waals surface area contributed by atoms with Crippen molar-refractivity contribution in [1.29, 1.82) is 5.26 Å². The van der Waals surface area contributed by atoms with Gasteiger partial charge in [-0.1, -0.05) is 11.6 Å². The van der Waals surface area contributed by atoms with Crippen molar-refractivity contribution in [2.75, 3.05) is 6.79 Å². The third-order valence-corrected chi connectivity index (χ3v) is 2.48. The lowest BCUT2D eigenvalue weighted by Crippen LogP contribution is -1.93. The number of ether oxygens (including phenoxy) is 2. The molecule has 0 aliphatic carbocycles. The Labute approximate surface area is 86.8 Å². The number of nitrogens with zero attached hydrogens (tertiary/aromatic N) is 1. The third kappa shape index (κ3) is 1.38. The zero-order chi connectivity index (χ0) is 10.1. The number of nitriles is 1. The van der Waals surface area contributed by atoms with E-state index in [0.717, 1.165) is 5.56 Å². The van der Waals surface area contributed by atoms with Gasteiger partial charge in [0.25, 0.3) is 0 Å². The quantitative estimate of drug-likeness (QED) is 0.714. The summed E-state index contributed by atoms with van der Waals surface area (Å²) in [5.74, 6) is 1.06. The Morgan fingerprint density at radius 1 is 1.43 bits per heavy atom. The van der Waals surface area contributed by atoms with Crippen LogP contribution >= 0.6 is 11.6 Å². The van der Waals surface area contributed by atoms with Crippen LogP contribution in [0.3, 0.4) is 0 Å². The first kappa shape index (κ1) is 9.17. The third-order valence-electron chi connectivity index (χ3n) is 2.15. The van der Waals surface area contributed by atoms with Gasteiger partial charge < -0.3 is 9.47 Å². The van der Waals surface area contributed by atoms with Crippen molar-refractivity contribution in [2.45, 2.75) is 12.8 Å². The van der Waals surface area contributed by atoms with Crippen LogP contribution in [0.4, 0.5) is 0 Å². The van der Waals surface area contributed by atoms with E-state index in [-0.39, 0.29) is 12.7 Å². The van der Waals surface area contributed by atoms with Gasteiger partial charge in [0.15, 0.2) is 11.5 Å². The minimum absolute atomic E-state index is 0.218. The smallest absolute Gasteiger partial charge is 0.231 e. The van der Waals surface area contributed by atoms with Gasteiger partial charge in [-0.2, -0.15) is 5.26 Å². The van der Waals surface area contributed by atoms with Gasteiger partial charge in [0, 0.05) is 11.1 Å². The van der Waals surface area contributed by atoms with Gasteiger partial charge in [0.2, 0.25) is 6.79 Å². The van der Waals surface area contributed by atoms with Crippen LogP contribution in [0.2, 0.25) is 5.02 Å². The number of halogens is 1. The average Bonchev–Trinajstić information content (AvgIpc) is 2.62. The summed E-state index contributed by atoms with van der Waals surface area (Å²) in [4.78, 5) is 0. The average molecular weight is 210 g/mol. The Kier molecular flexibility index (Phi) is 2.22. The van der Waals surface area contributed by atoms with Crippen LogP contribution in [0.1, 0.15) is 18.4 Å². The normalized spacial score (nSPS) is 14.9. The van der Waals surface area contributed by atoms with Crippen molar-refractivity contribution in [3.05, 3.63) is 22.7 Å². The molecule has 1 aromatic rings. The number of hydrogen-bond donors (Lipinski definition) is 0. The van der Waals surface area contributed by atoms with Crippen LogP contribution in [0.5, 0.6) is 11.5 Å². The molecule has 0 N–H and O–H groups in total. The molecule has 1 aliphatic heterocycles. The first-order valence-corrected chi connectivity index (χ1v) is 4.59. The topological polar surface area (TPSA) is 42.2 Å². The summed E-state index contributed by atoms with van der Waals surface area (Å²) in [6.45, 7) is 2.01. The van der Waals surface area contributed by atoms with Crippen molar-refractivity contribution in [1.82, 2.24) is 0 Å². The molecule has 1 aliphatic rings. The summed E-state index contributed by atoms with van der Waals surface area (Å²) in [6, 6.07) is 5.58. The number of hydrogen-bond acceptors (Lipinski definition) is 3. The van der Waals surface area contributed by atoms with E-state index in [4.69, 9.17) is 26.3 Å². The Balaban J connectivity index is 2.48. The number of rotatable bonds is 1. The Morgan fingerprint density at radius 2 is 2.07 bits per heavy atom. The van der Waals surface area contributed by atoms with Crippen LogP contribution in [0.25, 0.3) is 0 Å². The monoisotopic (exact) mass is 209 g/mol. The number of benzene rings is 1. The summed E-state index contributed by atoms with van der Waals surface area (Å²) in [6.07, 6.45) is 0. The van der Waals surface area contributed by atoms with Gasteiger partial charge in [0.1, 0.15) is 0 Å². The predicted octanol–water partition coefficient (Wildman–Crippen LogP) is 2.70. The molecule has 14 heavy (non-hydrogen) atoms. The van der Waals surface area contributed by atoms with Crippen LogP contribution in [0, 0.1) is 11.3 Å². The first-order valence-electron chi connectivity index (χ1n) is 4.21. The second kappa shape index (κ2) is 3.39. The minimum atomic E-state index is -0.239. The van der Waals surface area contributed by atoms with Crippen LogP contribution in [-0.2, 0) is 0 Å². The highest BCUT2D eigenvalue weighted by Crippen LogP contribution is 2.39. The number of fused-ring (bicyclic) bond motifs is 1. The minimum Gasteiger partial charge on any atom is -0.454 e. The second-order valence-electron chi connectivity index (χ2n) is 3.08. The molecule has 1 unspecified atom stereocenters. The lowest BCUT2D eigenvalue weighted by Gasteiger charge is -2.06. The fraction of sp³-hybridized carbons (Fsp3) is 0.300. The maximum Gasteiger partial charge on any atom is 0.231 e. The Hall–Kier alpha value is -1.40. The molecule has 0 radical (unpaired) electrons. The highest BCUT2D eigenvalue weighted by atomic mass is 35.5. The highest BCUT2D eigenvalue weighted by Gasteiger charge is 2.18. The Bertz CT molecular complexity index is 411. The summed E-state index contributed by atoms with van der Waals surface area (Å²) < 4.78 is 10.4. The van der Waals surface area contributed by atoms with Crippen molar-refractivity contribution in [3.8, 4) is 17.6 Å². The fourth-order valence-corrected chi connectivity index (χ4v) is 1.65. The molecule has 1 atom stereocenters. The molecule has 2 rings (SSSR count). The van der Waals surface area contributed by atoms with E-state index < -0.39 is 0 Å². The van der Waals surface area contributed by atoms with Crippen molar-refractivity contribution in [2.24, 2.45) is 0 Å². The summed E-state index contributed by atoms with van der Waals surface area (Å²) in [7, 11) is 0. The van der Waals surface area contributed by atoms with Gasteiger partial charge in [0.05, 0.1) is 12.0 Å². The standard InChI is InChI=1S/C10H8ClNO2/c1-6(4-12)7-2-9-10(3-8(7)11)14-5-13-9/h2-3,6H,5H2,1H3. The summed E-state index contributed by atoms with van der Waals surface area (Å²) in [5.41, 5.74) is 0.776. The van der Waals surface area contributed by atoms with E-state index in [9.17, 15) is 0 Å². The second-order valence-corrected chi connectivity index (χ2v) is 3.48. The molecule has 0 aromatic heterocycles. The van der Waals surface area contributed by atoms with Crippen LogP contribution in [-0.4, -0.2) is 6.79 Å². The molecule has 0 saturated heterocycles. The maximum absolute atomic E-state index is 8.78. The molecule has 3 nitrogen and oxygen atoms in total. The van der Waals surface area contributed by atoms with Gasteiger partial charge in [-0.3, -0.25) is 0 Å². The fourth-order valence-electron chi connectivity index (χ4n) is 1.33. The molecule has 1 aromatic carbocycles. The van der Waals surface area contributed by atoms with Crippen LogP contribution in [0.15, 0.2) is 12.1 Å². The van der Waals surface area contributed by atoms with Gasteiger partial charge in [-0.15, -0.1) is 0 Å². The first-order chi connectivity index (χ1) is 6.72. The highest BCUT2D eigenvalue weighted by molar-refractivity contribution is 6.31. The van der Waals surface area contributed by atoms with Gasteiger partial charge >= 0.3 is 0 Å². The van der Waals surface area contributed by atoms with Gasteiger partial charge in [-0.05, 0) is 18.6 Å². The van der Waals surface area contributed by atoms with Crippen LogP contribution < -0.4 is 9.47 Å². The molecule has 0 amide bonds. The zero-order valence-electron chi connectivity index (χ0n) is 7.58. The van der Waals surface area contributed by atoms with E-state index in [1.807, 2.05) is 0 Å². The van der Waals surface area contributed by atoms with E-state index in [2.05, 4.69) is 6.07 Å². The van der Waals surface area contributed by atoms with E-state index >= 15 is 0 Å². The zero-order valence-corrected chi connectivity index (χ0v) is 8.34. The van der Waals surface area contributed by atoms with E-state index in [0.29, 0.717) is 16.5 Å². The molecule has 0 bridgehead atoms. The summed E-state index contributed by atoms with van der Waals surface area (Å²) >= 11 is 5.99. The lowest BCUT2D eigenvalue weighted by atomic mass is 10.0. The molecular weight excluding hydrogens is 202 g/mol. The molecule has 0 saturated carbocycles. The molecule has 1 heterocycles. The van der Waals surface area contributed by atoms with Crippen molar-refractivity contribution in [3.63, 3.8) is 0 Å². The maximum atomic E-state index is 8.78. The molecule has 72 valence electrons. The van der Waals surface area contributed by atoms with Crippen molar-refractivity contribution >= 4 is 11.6 Å². The predicted molar refractivity (Wildman–Crippen MR) is 51.6 cm³/mol. The SMILES string of the molecule is CC(C#N)c1cc2c(cc1Cl)OCO2. The van der Waals surface area contributed by atoms with E-state index in [1.54, 1.807) is 19.1 Å². The Morgan fingerprint density at radius 3 is 2.71 bits per heavy atom. The lowest BCUT2D eigenvalue weighted by molar-refractivity contribution is 0.174. The molecule has 4 heteroatoms.